The van der Waals surface area contributed by atoms with Gasteiger partial charge in [0.15, 0.2) is 5.78 Å². The third-order valence-corrected chi connectivity index (χ3v) is 8.49. The minimum Gasteiger partial charge on any atom is -0.337 e. The molecule has 4 aromatic rings. The van der Waals surface area contributed by atoms with Crippen LogP contribution < -0.4 is 5.32 Å². The molecular formula is C31H33BrN6O3. The first-order valence-electron chi connectivity index (χ1n) is 13.6. The molecule has 1 fully saturated rings. The van der Waals surface area contributed by atoms with Crippen molar-refractivity contribution < 1.29 is 14.4 Å². The summed E-state index contributed by atoms with van der Waals surface area (Å²) in [7, 11) is 0. The van der Waals surface area contributed by atoms with Crippen LogP contribution in [-0.2, 0) is 16.1 Å². The van der Waals surface area contributed by atoms with Gasteiger partial charge in [0.1, 0.15) is 28.8 Å². The van der Waals surface area contributed by atoms with Crippen molar-refractivity contribution in [3.05, 3.63) is 70.0 Å². The van der Waals surface area contributed by atoms with Gasteiger partial charge in [-0.15, -0.1) is 0 Å². The highest BCUT2D eigenvalue weighted by Crippen LogP contribution is 2.34. The number of amides is 2. The highest BCUT2D eigenvalue weighted by Gasteiger charge is 2.43. The summed E-state index contributed by atoms with van der Waals surface area (Å²) in [6.45, 7) is 11.2. The number of rotatable bonds is 6. The largest absolute Gasteiger partial charge is 0.337 e. The number of hydrogen-bond acceptors (Lipinski definition) is 6. The summed E-state index contributed by atoms with van der Waals surface area (Å²) in [6.07, 6.45) is 5.84. The van der Waals surface area contributed by atoms with E-state index in [1.807, 2.05) is 56.5 Å². The van der Waals surface area contributed by atoms with Gasteiger partial charge in [0, 0.05) is 41.1 Å². The molecule has 212 valence electrons. The number of ketones is 1. The number of fused-ring (bicyclic) bond motifs is 1. The van der Waals surface area contributed by atoms with Crippen LogP contribution >= 0.6 is 15.9 Å². The van der Waals surface area contributed by atoms with E-state index in [9.17, 15) is 14.4 Å². The van der Waals surface area contributed by atoms with E-state index in [2.05, 4.69) is 43.1 Å². The molecule has 3 aromatic heterocycles. The number of hydrogen-bond donors (Lipinski definition) is 1. The summed E-state index contributed by atoms with van der Waals surface area (Å²) in [5, 5.41) is 3.70. The number of nitrogens with zero attached hydrogens (tertiary/aromatic N) is 5. The van der Waals surface area contributed by atoms with E-state index in [4.69, 9.17) is 0 Å². The third-order valence-electron chi connectivity index (χ3n) is 8.05. The summed E-state index contributed by atoms with van der Waals surface area (Å²) in [4.78, 5) is 54.8. The Hall–Kier alpha value is -3.92. The molecule has 0 saturated carbocycles. The first-order chi connectivity index (χ1) is 19.4. The molecule has 1 N–H and O–H groups in total. The van der Waals surface area contributed by atoms with Gasteiger partial charge in [-0.3, -0.25) is 14.4 Å². The standard InChI is InChI=1S/C31H33BrN6O3/c1-16-7-8-27(32)35-30(16)36-31(41)26-10-17(2)19(4)38(26)28(40)15-37-14-25(20(5)39)24-11-22(9-18(3)29(24)37)23-12-33-21(6)34-13-23/h7-9,11-14,17,19,26H,10,15H2,1-6H3,(H,35,36,41)/t17-,19+,26-/m0/s1. The molecule has 1 aromatic carbocycles. The van der Waals surface area contributed by atoms with Gasteiger partial charge < -0.3 is 14.8 Å². The van der Waals surface area contributed by atoms with Crippen molar-refractivity contribution in [2.45, 2.75) is 66.6 Å². The summed E-state index contributed by atoms with van der Waals surface area (Å²) >= 11 is 3.36. The van der Waals surface area contributed by atoms with Crippen LogP contribution in [0.15, 0.2) is 47.5 Å². The number of halogens is 1. The molecule has 0 unspecified atom stereocenters. The SMILES string of the molecule is CC(=O)c1cn(CC(=O)N2[C@H](C)[C@@H](C)C[C@H]2C(=O)Nc2nc(Br)ccc2C)c2c(C)cc(-c3cnc(C)nc3)cc12. The molecule has 0 spiro atoms. The molecule has 0 radical (unpaired) electrons. The van der Waals surface area contributed by atoms with Gasteiger partial charge in [-0.2, -0.15) is 0 Å². The number of pyridine rings is 1. The number of Topliss-reactive ketones (excluding diaryl/α,β-unsaturated/α-hetero) is 1. The van der Waals surface area contributed by atoms with Crippen molar-refractivity contribution in [3.63, 3.8) is 0 Å². The molecule has 2 amide bonds. The first kappa shape index (κ1) is 28.6. The molecule has 4 heterocycles. The van der Waals surface area contributed by atoms with Gasteiger partial charge in [0.05, 0.1) is 5.52 Å². The molecule has 5 rings (SSSR count). The monoisotopic (exact) mass is 616 g/mol. The molecular weight excluding hydrogens is 584 g/mol. The van der Waals surface area contributed by atoms with Gasteiger partial charge in [-0.05, 0) is 97.8 Å². The smallest absolute Gasteiger partial charge is 0.248 e. The summed E-state index contributed by atoms with van der Waals surface area (Å²) in [5.74, 6) is 0.768. The van der Waals surface area contributed by atoms with Gasteiger partial charge in [-0.25, -0.2) is 15.0 Å². The maximum Gasteiger partial charge on any atom is 0.248 e. The van der Waals surface area contributed by atoms with Crippen molar-refractivity contribution in [3.8, 4) is 11.1 Å². The molecule has 9 nitrogen and oxygen atoms in total. The fraction of sp³-hybridized carbons (Fsp3) is 0.355. The number of likely N-dealkylation sites (tertiary alicyclic amines) is 1. The Labute approximate surface area is 247 Å². The van der Waals surface area contributed by atoms with Gasteiger partial charge in [0.2, 0.25) is 11.8 Å². The van der Waals surface area contributed by atoms with Crippen LogP contribution in [0.1, 0.15) is 54.5 Å². The number of carbonyl (C=O) groups is 3. The van der Waals surface area contributed by atoms with E-state index in [1.54, 1.807) is 23.5 Å². The topological polar surface area (TPSA) is 110 Å². The zero-order valence-corrected chi connectivity index (χ0v) is 25.6. The Kier molecular flexibility index (Phi) is 7.78. The predicted molar refractivity (Wildman–Crippen MR) is 162 cm³/mol. The molecule has 1 aliphatic heterocycles. The van der Waals surface area contributed by atoms with E-state index >= 15 is 0 Å². The average molecular weight is 618 g/mol. The predicted octanol–water partition coefficient (Wildman–Crippen LogP) is 5.65. The van der Waals surface area contributed by atoms with Crippen LogP contribution in [0.3, 0.4) is 0 Å². The molecule has 10 heteroatoms. The molecule has 0 bridgehead atoms. The molecule has 1 aliphatic rings. The second kappa shape index (κ2) is 11.2. The molecule has 0 aliphatic carbocycles. The van der Waals surface area contributed by atoms with Crippen molar-refractivity contribution in [1.82, 2.24) is 24.4 Å². The number of anilines is 1. The Morgan fingerprint density at radius 2 is 1.73 bits per heavy atom. The zero-order chi connectivity index (χ0) is 29.6. The van der Waals surface area contributed by atoms with Crippen molar-refractivity contribution in [1.29, 1.82) is 0 Å². The highest BCUT2D eigenvalue weighted by atomic mass is 79.9. The summed E-state index contributed by atoms with van der Waals surface area (Å²) < 4.78 is 2.46. The van der Waals surface area contributed by atoms with E-state index in [-0.39, 0.29) is 36.1 Å². The lowest BCUT2D eigenvalue weighted by atomic mass is 10.0. The Balaban J connectivity index is 1.47. The summed E-state index contributed by atoms with van der Waals surface area (Å²) in [5.41, 5.74) is 4.86. The maximum absolute atomic E-state index is 13.9. The van der Waals surface area contributed by atoms with Gasteiger partial charge in [0.25, 0.3) is 0 Å². The third kappa shape index (κ3) is 5.53. The lowest BCUT2D eigenvalue weighted by molar-refractivity contribution is -0.139. The fourth-order valence-corrected chi connectivity index (χ4v) is 5.99. The minimum absolute atomic E-state index is 0.00656. The number of carbonyl (C=O) groups excluding carboxylic acids is 3. The first-order valence-corrected chi connectivity index (χ1v) is 14.4. The van der Waals surface area contributed by atoms with Crippen molar-refractivity contribution in [2.75, 3.05) is 5.32 Å². The van der Waals surface area contributed by atoms with Crippen molar-refractivity contribution >= 4 is 50.2 Å². The van der Waals surface area contributed by atoms with E-state index in [0.29, 0.717) is 28.2 Å². The second-order valence-electron chi connectivity index (χ2n) is 11.0. The number of nitrogens with one attached hydrogen (secondary N) is 1. The van der Waals surface area contributed by atoms with E-state index in [0.717, 1.165) is 33.2 Å². The van der Waals surface area contributed by atoms with Crippen LogP contribution in [-0.4, -0.2) is 54.1 Å². The Bertz CT molecular complexity index is 1680. The van der Waals surface area contributed by atoms with Crippen LogP contribution in [0.2, 0.25) is 0 Å². The normalized spacial score (nSPS) is 18.6. The van der Waals surface area contributed by atoms with Crippen LogP contribution in [0.4, 0.5) is 5.82 Å². The van der Waals surface area contributed by atoms with Crippen LogP contribution in [0, 0.1) is 26.7 Å². The number of aromatic nitrogens is 4. The molecule has 41 heavy (non-hydrogen) atoms. The summed E-state index contributed by atoms with van der Waals surface area (Å²) in [6, 6.07) is 6.91. The lowest BCUT2D eigenvalue weighted by Gasteiger charge is -2.29. The quantitative estimate of drug-likeness (QED) is 0.221. The lowest BCUT2D eigenvalue weighted by Crippen LogP contribution is -2.47. The number of benzene rings is 1. The minimum atomic E-state index is -0.629. The Morgan fingerprint density at radius 1 is 1.02 bits per heavy atom. The molecule has 1 saturated heterocycles. The van der Waals surface area contributed by atoms with Gasteiger partial charge >= 0.3 is 0 Å². The number of aryl methyl sites for hydroxylation is 3. The molecule has 3 atom stereocenters. The average Bonchev–Trinajstić information content (AvgIpc) is 3.44. The fourth-order valence-electron chi connectivity index (χ4n) is 5.68. The zero-order valence-electron chi connectivity index (χ0n) is 24.0. The van der Waals surface area contributed by atoms with Crippen molar-refractivity contribution in [2.24, 2.45) is 5.92 Å². The maximum atomic E-state index is 13.9. The van der Waals surface area contributed by atoms with Gasteiger partial charge in [-0.1, -0.05) is 13.0 Å². The van der Waals surface area contributed by atoms with Crippen LogP contribution in [0.25, 0.3) is 22.0 Å². The second-order valence-corrected chi connectivity index (χ2v) is 11.8. The van der Waals surface area contributed by atoms with E-state index in [1.165, 1.54) is 6.92 Å². The Morgan fingerprint density at radius 3 is 2.41 bits per heavy atom. The van der Waals surface area contributed by atoms with E-state index < -0.39 is 6.04 Å². The van der Waals surface area contributed by atoms with Crippen LogP contribution in [0.5, 0.6) is 0 Å². The highest BCUT2D eigenvalue weighted by molar-refractivity contribution is 9.10.